The fourth-order valence-electron chi connectivity index (χ4n) is 2.50. The van der Waals surface area contributed by atoms with Crippen LogP contribution in [-0.4, -0.2) is 41.5 Å². The van der Waals surface area contributed by atoms with Gasteiger partial charge in [-0.2, -0.15) is 0 Å². The number of hydrogen-bond acceptors (Lipinski definition) is 4. The fraction of sp³-hybridized carbons (Fsp3) is 0.562. The zero-order valence-corrected chi connectivity index (χ0v) is 14.9. The highest BCUT2D eigenvalue weighted by Crippen LogP contribution is 2.19. The van der Waals surface area contributed by atoms with Crippen LogP contribution in [0, 0.1) is 11.8 Å². The molecule has 1 atom stereocenters. The molecular weight excluding hydrogens is 330 g/mol. The van der Waals surface area contributed by atoms with Crippen LogP contribution in [-0.2, 0) is 4.79 Å². The van der Waals surface area contributed by atoms with E-state index in [1.54, 1.807) is 17.0 Å². The molecule has 0 aromatic carbocycles. The highest BCUT2D eigenvalue weighted by molar-refractivity contribution is 5.93. The minimum absolute atomic E-state index is 0. The molecule has 24 heavy (non-hydrogen) atoms. The van der Waals surface area contributed by atoms with Gasteiger partial charge >= 0.3 is 6.03 Å². The summed E-state index contributed by atoms with van der Waals surface area (Å²) in [5, 5.41) is 5.73. The maximum absolute atomic E-state index is 12.4. The summed E-state index contributed by atoms with van der Waals surface area (Å²) in [6.07, 6.45) is 3.14. The van der Waals surface area contributed by atoms with Crippen molar-refractivity contribution in [3.05, 3.63) is 18.3 Å². The summed E-state index contributed by atoms with van der Waals surface area (Å²) in [6.45, 7) is 5.87. The number of carbonyl (C=O) groups excluding carboxylic acids is 2. The van der Waals surface area contributed by atoms with Gasteiger partial charge in [-0.3, -0.25) is 4.79 Å². The van der Waals surface area contributed by atoms with E-state index >= 15 is 0 Å². The van der Waals surface area contributed by atoms with E-state index in [-0.39, 0.29) is 30.3 Å². The summed E-state index contributed by atoms with van der Waals surface area (Å²) < 4.78 is 0. The molecule has 1 aromatic heterocycles. The molecule has 2 heterocycles. The summed E-state index contributed by atoms with van der Waals surface area (Å²) in [4.78, 5) is 30.2. The molecule has 1 aromatic rings. The van der Waals surface area contributed by atoms with Gasteiger partial charge in [0, 0.05) is 19.6 Å². The molecule has 0 aliphatic carbocycles. The second-order valence-corrected chi connectivity index (χ2v) is 6.33. The third kappa shape index (κ3) is 5.88. The van der Waals surface area contributed by atoms with Gasteiger partial charge in [0.2, 0.25) is 5.91 Å². The second kappa shape index (κ2) is 9.32. The Labute approximate surface area is 148 Å². The minimum atomic E-state index is -0.203. The Morgan fingerprint density at radius 3 is 2.79 bits per heavy atom. The first-order valence-electron chi connectivity index (χ1n) is 8.01. The number of hydrogen-bond donors (Lipinski definition) is 3. The highest BCUT2D eigenvalue weighted by Gasteiger charge is 2.28. The van der Waals surface area contributed by atoms with Gasteiger partial charge in [-0.25, -0.2) is 9.78 Å². The van der Waals surface area contributed by atoms with Crippen molar-refractivity contribution in [1.29, 1.82) is 0 Å². The number of nitrogens with two attached hydrogens (primary N) is 1. The number of halogens is 1. The molecule has 1 fully saturated rings. The van der Waals surface area contributed by atoms with Crippen LogP contribution in [0.3, 0.4) is 0 Å². The maximum Gasteiger partial charge on any atom is 0.317 e. The monoisotopic (exact) mass is 355 g/mol. The Balaban J connectivity index is 0.00000288. The van der Waals surface area contributed by atoms with E-state index < -0.39 is 0 Å². The number of urea groups is 1. The van der Waals surface area contributed by atoms with Gasteiger partial charge in [0.15, 0.2) is 0 Å². The average Bonchev–Trinajstić information content (AvgIpc) is 2.54. The summed E-state index contributed by atoms with van der Waals surface area (Å²) in [7, 11) is 0. The van der Waals surface area contributed by atoms with Gasteiger partial charge in [0.1, 0.15) is 5.82 Å². The Morgan fingerprint density at radius 2 is 2.17 bits per heavy atom. The molecule has 8 heteroatoms. The predicted molar refractivity (Wildman–Crippen MR) is 97.1 cm³/mol. The van der Waals surface area contributed by atoms with Gasteiger partial charge in [-0.05, 0) is 30.9 Å². The lowest BCUT2D eigenvalue weighted by Crippen LogP contribution is -2.48. The fourth-order valence-corrected chi connectivity index (χ4v) is 2.50. The topological polar surface area (TPSA) is 100 Å². The van der Waals surface area contributed by atoms with Crippen LogP contribution >= 0.6 is 12.4 Å². The van der Waals surface area contributed by atoms with Crippen molar-refractivity contribution < 1.29 is 9.59 Å². The minimum Gasteiger partial charge on any atom is -0.384 e. The van der Waals surface area contributed by atoms with Crippen LogP contribution in [0.4, 0.5) is 16.3 Å². The molecule has 7 nitrogen and oxygen atoms in total. The second-order valence-electron chi connectivity index (χ2n) is 6.33. The number of anilines is 2. The Morgan fingerprint density at radius 1 is 1.42 bits per heavy atom. The van der Waals surface area contributed by atoms with Crippen molar-refractivity contribution in [2.75, 3.05) is 30.7 Å². The van der Waals surface area contributed by atoms with Gasteiger partial charge in [0.25, 0.3) is 0 Å². The molecule has 1 unspecified atom stereocenters. The van der Waals surface area contributed by atoms with Crippen LogP contribution in [0.2, 0.25) is 0 Å². The van der Waals surface area contributed by atoms with Crippen molar-refractivity contribution in [2.45, 2.75) is 26.7 Å². The molecule has 1 aliphatic rings. The number of likely N-dealkylation sites (tertiary alicyclic amines) is 1. The lowest BCUT2D eigenvalue weighted by molar-refractivity contribution is -0.121. The Bertz CT molecular complexity index is 550. The zero-order chi connectivity index (χ0) is 16.8. The first-order valence-corrected chi connectivity index (χ1v) is 8.01. The van der Waals surface area contributed by atoms with Gasteiger partial charge in [-0.15, -0.1) is 12.4 Å². The summed E-state index contributed by atoms with van der Waals surface area (Å²) in [6, 6.07) is 3.27. The van der Waals surface area contributed by atoms with Crippen LogP contribution in [0.1, 0.15) is 26.7 Å². The first kappa shape index (κ1) is 20.0. The molecule has 1 saturated heterocycles. The lowest BCUT2D eigenvalue weighted by atomic mass is 9.97. The van der Waals surface area contributed by atoms with Crippen LogP contribution in [0.25, 0.3) is 0 Å². The Hall–Kier alpha value is -2.02. The van der Waals surface area contributed by atoms with E-state index in [2.05, 4.69) is 15.6 Å². The lowest BCUT2D eigenvalue weighted by Gasteiger charge is -2.32. The van der Waals surface area contributed by atoms with E-state index in [1.165, 1.54) is 6.20 Å². The maximum atomic E-state index is 12.4. The molecule has 0 saturated carbocycles. The molecule has 0 spiro atoms. The van der Waals surface area contributed by atoms with Crippen molar-refractivity contribution in [2.24, 2.45) is 11.8 Å². The highest BCUT2D eigenvalue weighted by atomic mass is 35.5. The molecule has 134 valence electrons. The van der Waals surface area contributed by atoms with Crippen LogP contribution < -0.4 is 16.4 Å². The molecule has 2 rings (SSSR count). The first-order chi connectivity index (χ1) is 11.0. The molecule has 1 aliphatic heterocycles. The number of piperidine rings is 1. The third-order valence-corrected chi connectivity index (χ3v) is 3.79. The van der Waals surface area contributed by atoms with Gasteiger partial charge in [-0.1, -0.05) is 13.8 Å². The van der Waals surface area contributed by atoms with Gasteiger partial charge < -0.3 is 21.3 Å². The predicted octanol–water partition coefficient (Wildman–Crippen LogP) is 2.10. The number of rotatable bonds is 4. The molecule has 0 bridgehead atoms. The summed E-state index contributed by atoms with van der Waals surface area (Å²) in [5.74, 6) is 0.526. The van der Waals surface area contributed by atoms with Crippen molar-refractivity contribution >= 4 is 35.9 Å². The number of aromatic nitrogens is 1. The molecule has 0 radical (unpaired) electrons. The largest absolute Gasteiger partial charge is 0.384 e. The van der Waals surface area contributed by atoms with E-state index in [1.807, 2.05) is 13.8 Å². The third-order valence-electron chi connectivity index (χ3n) is 3.79. The van der Waals surface area contributed by atoms with Crippen molar-refractivity contribution in [3.8, 4) is 0 Å². The van der Waals surface area contributed by atoms with E-state index in [9.17, 15) is 9.59 Å². The summed E-state index contributed by atoms with van der Waals surface area (Å²) in [5.41, 5.74) is 6.14. The number of nitrogens with one attached hydrogen (secondary N) is 2. The van der Waals surface area contributed by atoms with Crippen LogP contribution in [0.15, 0.2) is 18.3 Å². The standard InChI is InChI=1S/C16H25N5O2.ClH/c1-11(2)8-19-16(23)21-7-3-4-12(10-21)15(22)20-13-5-6-14(17)18-9-13;/h5-6,9,11-12H,3-4,7-8,10H2,1-2H3,(H2,17,18)(H,19,23)(H,20,22);1H. The Kier molecular flexibility index (Phi) is 7.78. The number of nitrogen functional groups attached to an aromatic ring is 1. The molecule has 3 amide bonds. The normalized spacial score (nSPS) is 17.1. The average molecular weight is 356 g/mol. The molecule has 4 N–H and O–H groups in total. The number of pyridine rings is 1. The van der Waals surface area contributed by atoms with E-state index in [0.29, 0.717) is 37.1 Å². The molecular formula is C16H26ClN5O2. The quantitative estimate of drug-likeness (QED) is 0.769. The van der Waals surface area contributed by atoms with E-state index in [0.717, 1.165) is 12.8 Å². The van der Waals surface area contributed by atoms with Crippen molar-refractivity contribution in [3.63, 3.8) is 0 Å². The van der Waals surface area contributed by atoms with Crippen LogP contribution in [0.5, 0.6) is 0 Å². The SMILES string of the molecule is CC(C)CNC(=O)N1CCCC(C(=O)Nc2ccc(N)nc2)C1.Cl. The van der Waals surface area contributed by atoms with Gasteiger partial charge in [0.05, 0.1) is 17.8 Å². The number of nitrogens with zero attached hydrogens (tertiary/aromatic N) is 2. The number of carbonyl (C=O) groups is 2. The van der Waals surface area contributed by atoms with Crippen molar-refractivity contribution in [1.82, 2.24) is 15.2 Å². The van der Waals surface area contributed by atoms with E-state index in [4.69, 9.17) is 5.73 Å². The zero-order valence-electron chi connectivity index (χ0n) is 14.1. The summed E-state index contributed by atoms with van der Waals surface area (Å²) >= 11 is 0. The smallest absolute Gasteiger partial charge is 0.317 e. The number of amides is 3.